The lowest BCUT2D eigenvalue weighted by atomic mass is 10.0. The van der Waals surface area contributed by atoms with Crippen molar-refractivity contribution in [3.05, 3.63) is 18.2 Å². The van der Waals surface area contributed by atoms with Crippen LogP contribution in [0.3, 0.4) is 0 Å². The molecule has 0 bridgehead atoms. The number of nitrogens with one attached hydrogen (secondary N) is 4. The van der Waals surface area contributed by atoms with Crippen LogP contribution in [-0.2, 0) is 30.4 Å². The van der Waals surface area contributed by atoms with Gasteiger partial charge in [0.1, 0.15) is 18.1 Å². The van der Waals surface area contributed by atoms with Gasteiger partial charge in [0, 0.05) is 31.3 Å². The molecule has 4 unspecified atom stereocenters. The van der Waals surface area contributed by atoms with E-state index in [0.717, 1.165) is 0 Å². The van der Waals surface area contributed by atoms with E-state index in [-0.39, 0.29) is 51.0 Å². The van der Waals surface area contributed by atoms with Crippen molar-refractivity contribution in [2.75, 3.05) is 13.1 Å². The number of aromatic amines is 1. The van der Waals surface area contributed by atoms with Crippen LogP contribution in [0, 0.1) is 0 Å². The number of nitrogens with zero attached hydrogens (tertiary/aromatic N) is 2. The second-order valence-electron chi connectivity index (χ2n) is 9.15. The maximum atomic E-state index is 13.2. The van der Waals surface area contributed by atoms with Crippen LogP contribution in [0.2, 0.25) is 0 Å². The molecule has 4 atom stereocenters. The quantitative estimate of drug-likeness (QED) is 0.0414. The number of hydrogen-bond donors (Lipinski definition) is 10. The second-order valence-corrected chi connectivity index (χ2v) is 9.15. The number of hydrogen-bond acceptors (Lipinski definition) is 9. The Bertz CT molecular complexity index is 997. The molecule has 0 aliphatic rings. The summed E-state index contributed by atoms with van der Waals surface area (Å²) in [6, 6.07) is -4.69. The lowest BCUT2D eigenvalue weighted by Crippen LogP contribution is -2.57. The number of carboxylic acids is 1. The third-order valence-electron chi connectivity index (χ3n) is 5.78. The van der Waals surface area contributed by atoms with Gasteiger partial charge in [-0.15, -0.1) is 0 Å². The summed E-state index contributed by atoms with van der Waals surface area (Å²) in [7, 11) is 0. The van der Waals surface area contributed by atoms with E-state index in [1.807, 2.05) is 0 Å². The number of carboxylic acid groups (broad SMARTS) is 1. The average Bonchev–Trinajstić information content (AvgIpc) is 3.39. The van der Waals surface area contributed by atoms with Gasteiger partial charge in [-0.05, 0) is 45.1 Å². The van der Waals surface area contributed by atoms with E-state index in [1.165, 1.54) is 12.5 Å². The Morgan fingerprint density at radius 2 is 1.50 bits per heavy atom. The molecule has 224 valence electrons. The van der Waals surface area contributed by atoms with Gasteiger partial charge in [-0.2, -0.15) is 0 Å². The number of aliphatic carboxylic acids is 1. The number of aromatic nitrogens is 2. The highest BCUT2D eigenvalue weighted by Crippen LogP contribution is 2.07. The molecule has 17 heteroatoms. The number of carbonyl (C=O) groups is 5. The number of carbonyl (C=O) groups excluding carboxylic acids is 4. The van der Waals surface area contributed by atoms with Gasteiger partial charge >= 0.3 is 5.97 Å². The first-order valence-corrected chi connectivity index (χ1v) is 12.8. The maximum absolute atomic E-state index is 13.2. The predicted octanol–water partition coefficient (Wildman–Crippen LogP) is -3.73. The molecule has 0 aromatic carbocycles. The van der Waals surface area contributed by atoms with Crippen LogP contribution in [0.4, 0.5) is 0 Å². The predicted molar refractivity (Wildman–Crippen MR) is 145 cm³/mol. The first kappa shape index (κ1) is 33.8. The number of aliphatic imine (C=N–C) groups is 1. The Hall–Kier alpha value is -4.25. The molecule has 0 aliphatic carbocycles. The zero-order valence-electron chi connectivity index (χ0n) is 22.3. The Balaban J connectivity index is 2.96. The van der Waals surface area contributed by atoms with Crippen LogP contribution < -0.4 is 44.6 Å². The van der Waals surface area contributed by atoms with E-state index in [0.29, 0.717) is 25.1 Å². The summed E-state index contributed by atoms with van der Waals surface area (Å²) < 4.78 is 0. The van der Waals surface area contributed by atoms with E-state index >= 15 is 0 Å². The zero-order chi connectivity index (χ0) is 30.1. The normalized spacial score (nSPS) is 13.8. The fourth-order valence-corrected chi connectivity index (χ4v) is 3.63. The number of rotatable bonds is 20. The third kappa shape index (κ3) is 13.5. The standard InChI is InChI=1S/C23H41N11O6/c24-8-2-1-4-15(20(37)34-17(22(39)40)5-3-9-30-23(27)28)33-21(38)16(6-7-18(26)35)32-19(36)14(25)10-13-11-29-12-31-13/h11-12,14-17H,1-10,24-25H2,(H2,26,35)(H,29,31)(H,32,36)(H,33,38)(H,34,37)(H,39,40)(H4,27,28,30). The number of amides is 4. The molecule has 17 nitrogen and oxygen atoms in total. The molecule has 1 heterocycles. The summed E-state index contributed by atoms with van der Waals surface area (Å²) in [4.78, 5) is 72.5. The molecule has 0 fully saturated rings. The highest BCUT2D eigenvalue weighted by Gasteiger charge is 2.30. The maximum Gasteiger partial charge on any atom is 0.326 e. The first-order valence-electron chi connectivity index (χ1n) is 12.8. The van der Waals surface area contributed by atoms with Crippen LogP contribution in [0.25, 0.3) is 0 Å². The van der Waals surface area contributed by atoms with Crippen LogP contribution >= 0.6 is 0 Å². The molecular formula is C23H41N11O6. The van der Waals surface area contributed by atoms with Gasteiger partial charge in [0.05, 0.1) is 12.4 Å². The molecule has 1 rings (SSSR count). The Morgan fingerprint density at radius 1 is 0.900 bits per heavy atom. The monoisotopic (exact) mass is 567 g/mol. The van der Waals surface area contributed by atoms with Crippen molar-refractivity contribution in [3.8, 4) is 0 Å². The number of H-pyrrole nitrogens is 1. The van der Waals surface area contributed by atoms with Crippen molar-refractivity contribution < 1.29 is 29.1 Å². The van der Waals surface area contributed by atoms with Crippen LogP contribution in [0.1, 0.15) is 50.6 Å². The minimum absolute atomic E-state index is 0.0346. The average molecular weight is 568 g/mol. The largest absolute Gasteiger partial charge is 0.480 e. The van der Waals surface area contributed by atoms with Gasteiger partial charge in [0.15, 0.2) is 5.96 Å². The van der Waals surface area contributed by atoms with Crippen molar-refractivity contribution in [1.29, 1.82) is 0 Å². The van der Waals surface area contributed by atoms with Crippen molar-refractivity contribution in [3.63, 3.8) is 0 Å². The fourth-order valence-electron chi connectivity index (χ4n) is 3.63. The fraction of sp³-hybridized carbons (Fsp3) is 0.609. The third-order valence-corrected chi connectivity index (χ3v) is 5.78. The van der Waals surface area contributed by atoms with Crippen molar-refractivity contribution >= 4 is 35.6 Å². The van der Waals surface area contributed by atoms with Gasteiger partial charge in [-0.25, -0.2) is 9.78 Å². The first-order chi connectivity index (χ1) is 18.9. The second kappa shape index (κ2) is 18.1. The van der Waals surface area contributed by atoms with Crippen molar-refractivity contribution in [1.82, 2.24) is 25.9 Å². The summed E-state index contributed by atoms with van der Waals surface area (Å²) in [6.45, 7) is 0.513. The minimum Gasteiger partial charge on any atom is -0.480 e. The van der Waals surface area contributed by atoms with Crippen molar-refractivity contribution in [2.45, 2.75) is 75.5 Å². The SMILES string of the molecule is NCCCCC(NC(=O)C(CCC(N)=O)NC(=O)C(N)Cc1cnc[nH]1)C(=O)NC(CCCN=C(N)N)C(=O)O. The van der Waals surface area contributed by atoms with Crippen LogP contribution in [-0.4, -0.2) is 87.9 Å². The number of imidazole rings is 1. The van der Waals surface area contributed by atoms with E-state index in [4.69, 9.17) is 28.7 Å². The number of unbranched alkanes of at least 4 members (excludes halogenated alkanes) is 1. The minimum atomic E-state index is -1.28. The van der Waals surface area contributed by atoms with E-state index < -0.39 is 53.8 Å². The van der Waals surface area contributed by atoms with Gasteiger partial charge in [0.2, 0.25) is 23.6 Å². The Morgan fingerprint density at radius 3 is 2.05 bits per heavy atom. The highest BCUT2D eigenvalue weighted by atomic mass is 16.4. The summed E-state index contributed by atoms with van der Waals surface area (Å²) in [5.74, 6) is -4.29. The van der Waals surface area contributed by atoms with Crippen LogP contribution in [0.5, 0.6) is 0 Å². The molecule has 0 aliphatic heterocycles. The van der Waals surface area contributed by atoms with Crippen LogP contribution in [0.15, 0.2) is 17.5 Å². The van der Waals surface area contributed by atoms with Gasteiger partial charge in [-0.1, -0.05) is 0 Å². The zero-order valence-corrected chi connectivity index (χ0v) is 22.3. The molecule has 0 spiro atoms. The molecule has 0 radical (unpaired) electrons. The Kier molecular flexibility index (Phi) is 15.3. The topological polar surface area (TPSA) is 313 Å². The lowest BCUT2D eigenvalue weighted by molar-refractivity contribution is -0.142. The molecule has 1 aromatic heterocycles. The van der Waals surface area contributed by atoms with E-state index in [2.05, 4.69) is 30.9 Å². The smallest absolute Gasteiger partial charge is 0.326 e. The highest BCUT2D eigenvalue weighted by molar-refractivity contribution is 5.94. The number of nitrogens with two attached hydrogens (primary N) is 5. The molecule has 0 saturated carbocycles. The molecule has 15 N–H and O–H groups in total. The Labute approximate surface area is 231 Å². The molecule has 4 amide bonds. The summed E-state index contributed by atoms with van der Waals surface area (Å²) in [5, 5.41) is 17.0. The summed E-state index contributed by atoms with van der Waals surface area (Å²) in [5.41, 5.74) is 27.9. The molecule has 40 heavy (non-hydrogen) atoms. The van der Waals surface area contributed by atoms with Gasteiger partial charge in [-0.3, -0.25) is 24.2 Å². The van der Waals surface area contributed by atoms with Crippen molar-refractivity contribution in [2.24, 2.45) is 33.7 Å². The summed E-state index contributed by atoms with van der Waals surface area (Å²) >= 11 is 0. The number of guanidine groups is 1. The van der Waals surface area contributed by atoms with E-state index in [9.17, 15) is 29.1 Å². The molecule has 0 saturated heterocycles. The van der Waals surface area contributed by atoms with Gasteiger partial charge < -0.3 is 54.7 Å². The van der Waals surface area contributed by atoms with Gasteiger partial charge in [0.25, 0.3) is 0 Å². The lowest BCUT2D eigenvalue weighted by Gasteiger charge is -2.25. The van der Waals surface area contributed by atoms with E-state index in [1.54, 1.807) is 0 Å². The number of primary amides is 1. The molecular weight excluding hydrogens is 526 g/mol. The summed E-state index contributed by atoms with van der Waals surface area (Å²) in [6.07, 6.45) is 4.11. The molecule has 1 aromatic rings.